The molecule has 1 aliphatic rings. The smallest absolute Gasteiger partial charge is 0.257 e. The number of nitrogens with zero attached hydrogens (tertiary/aromatic N) is 1. The molecule has 0 atom stereocenters. The highest BCUT2D eigenvalue weighted by Gasteiger charge is 2.19. The maximum Gasteiger partial charge on any atom is 0.317 e. The first-order valence-corrected chi connectivity index (χ1v) is 8.80. The fraction of sp³-hybridized carbons (Fsp3) is 0.235. The summed E-state index contributed by atoms with van der Waals surface area (Å²) in [6, 6.07) is 10.4. The van der Waals surface area contributed by atoms with Gasteiger partial charge in [-0.15, -0.1) is 4.28 Å². The van der Waals surface area contributed by atoms with Crippen LogP contribution >= 0.6 is 0 Å². The first-order valence-electron chi connectivity index (χ1n) is 7.39. The topological polar surface area (TPSA) is 68.3 Å². The van der Waals surface area contributed by atoms with E-state index in [9.17, 15) is 8.42 Å². The van der Waals surface area contributed by atoms with E-state index in [1.54, 1.807) is 12.1 Å². The second-order valence-electron chi connectivity index (χ2n) is 5.56. The Morgan fingerprint density at radius 3 is 2.57 bits per heavy atom. The molecule has 0 unspecified atom stereocenters. The quantitative estimate of drug-likeness (QED) is 0.873. The molecule has 0 radical (unpaired) electrons. The molecule has 0 bridgehead atoms. The zero-order valence-corrected chi connectivity index (χ0v) is 13.9. The van der Waals surface area contributed by atoms with Crippen molar-refractivity contribution in [1.29, 1.82) is 0 Å². The van der Waals surface area contributed by atoms with Gasteiger partial charge in [0.05, 0.1) is 16.3 Å². The molecule has 120 valence electrons. The first kappa shape index (κ1) is 15.7. The first-order chi connectivity index (χ1) is 11.0. The van der Waals surface area contributed by atoms with Crippen molar-refractivity contribution in [2.75, 3.05) is 0 Å². The van der Waals surface area contributed by atoms with Crippen LogP contribution in [0.4, 0.5) is 0 Å². The minimum atomic E-state index is -3.86. The van der Waals surface area contributed by atoms with Crippen LogP contribution in [0.25, 0.3) is 5.70 Å². The van der Waals surface area contributed by atoms with Crippen LogP contribution in [0.15, 0.2) is 47.4 Å². The Bertz CT molecular complexity index is 856. The third-order valence-electron chi connectivity index (χ3n) is 3.70. The molecule has 3 rings (SSSR count). The maximum atomic E-state index is 12.2. The number of pyridine rings is 1. The fourth-order valence-corrected chi connectivity index (χ4v) is 3.22. The van der Waals surface area contributed by atoms with Crippen LogP contribution in [-0.2, 0) is 20.8 Å². The molecule has 5 nitrogen and oxygen atoms in total. The van der Waals surface area contributed by atoms with Crippen LogP contribution in [0.3, 0.4) is 0 Å². The van der Waals surface area contributed by atoms with E-state index >= 15 is 0 Å². The van der Waals surface area contributed by atoms with E-state index in [0.29, 0.717) is 5.70 Å². The summed E-state index contributed by atoms with van der Waals surface area (Å²) in [4.78, 5) is 4.61. The second kappa shape index (κ2) is 6.14. The molecule has 1 aromatic carbocycles. The normalized spacial score (nSPS) is 14.1. The molecule has 0 fully saturated rings. The van der Waals surface area contributed by atoms with Crippen molar-refractivity contribution >= 4 is 15.8 Å². The number of rotatable bonds is 4. The monoisotopic (exact) mass is 330 g/mol. The van der Waals surface area contributed by atoms with Crippen molar-refractivity contribution in [2.45, 2.75) is 31.6 Å². The summed E-state index contributed by atoms with van der Waals surface area (Å²) in [6.07, 6.45) is 3.55. The van der Waals surface area contributed by atoms with E-state index < -0.39 is 10.1 Å². The average Bonchev–Trinajstić information content (AvgIpc) is 2.53. The van der Waals surface area contributed by atoms with Crippen molar-refractivity contribution < 1.29 is 12.7 Å². The Hall–Kier alpha value is -2.18. The largest absolute Gasteiger partial charge is 0.317 e. The summed E-state index contributed by atoms with van der Waals surface area (Å²) in [5.41, 5.74) is 6.97. The zero-order valence-electron chi connectivity index (χ0n) is 13.0. The molecule has 1 aromatic heterocycles. The lowest BCUT2D eigenvalue weighted by Gasteiger charge is -2.18. The Morgan fingerprint density at radius 2 is 1.83 bits per heavy atom. The van der Waals surface area contributed by atoms with E-state index in [1.165, 1.54) is 12.1 Å². The van der Waals surface area contributed by atoms with Crippen LogP contribution in [0.5, 0.6) is 0 Å². The van der Waals surface area contributed by atoms with Gasteiger partial charge in [0.15, 0.2) is 0 Å². The number of hydrogen-bond donors (Lipinski definition) is 1. The standard InChI is InChI=1S/C17H18N2O3S/c1-12-6-9-14(10-7-12)23(20,21)22-19-17-5-3-4-16-15(17)11-8-13(2)18-16/h5-11,19H,3-4H2,1-2H3. The molecule has 0 saturated heterocycles. The van der Waals surface area contributed by atoms with Crippen LogP contribution in [0.1, 0.15) is 28.9 Å². The minimum Gasteiger partial charge on any atom is -0.257 e. The summed E-state index contributed by atoms with van der Waals surface area (Å²) in [5, 5.41) is 0. The van der Waals surface area contributed by atoms with Gasteiger partial charge in [-0.3, -0.25) is 4.98 Å². The van der Waals surface area contributed by atoms with E-state index in [1.807, 2.05) is 32.1 Å². The summed E-state index contributed by atoms with van der Waals surface area (Å²) in [5.74, 6) is 0. The summed E-state index contributed by atoms with van der Waals surface area (Å²) >= 11 is 0. The molecule has 0 aliphatic heterocycles. The third-order valence-corrected chi connectivity index (χ3v) is 4.86. The lowest BCUT2D eigenvalue weighted by atomic mass is 10.00. The molecular weight excluding hydrogens is 312 g/mol. The molecule has 1 heterocycles. The van der Waals surface area contributed by atoms with E-state index in [2.05, 4.69) is 10.5 Å². The molecule has 2 aromatic rings. The van der Waals surface area contributed by atoms with Gasteiger partial charge >= 0.3 is 10.1 Å². The number of aromatic nitrogens is 1. The maximum absolute atomic E-state index is 12.2. The molecule has 23 heavy (non-hydrogen) atoms. The molecular formula is C17H18N2O3S. The highest BCUT2D eigenvalue weighted by Crippen LogP contribution is 2.24. The zero-order chi connectivity index (χ0) is 16.4. The number of fused-ring (bicyclic) bond motifs is 1. The van der Waals surface area contributed by atoms with E-state index in [4.69, 9.17) is 4.28 Å². The van der Waals surface area contributed by atoms with Gasteiger partial charge in [-0.2, -0.15) is 8.42 Å². The van der Waals surface area contributed by atoms with Gasteiger partial charge in [0.1, 0.15) is 0 Å². The van der Waals surface area contributed by atoms with Crippen LogP contribution in [-0.4, -0.2) is 13.4 Å². The molecule has 0 amide bonds. The molecule has 1 N–H and O–H groups in total. The van der Waals surface area contributed by atoms with Gasteiger partial charge in [-0.1, -0.05) is 23.8 Å². The van der Waals surface area contributed by atoms with Crippen molar-refractivity contribution in [1.82, 2.24) is 10.5 Å². The molecule has 1 aliphatic carbocycles. The SMILES string of the molecule is Cc1ccc(S(=O)(=O)ONC2=CCCc3nc(C)ccc32)cc1. The number of benzene rings is 1. The minimum absolute atomic E-state index is 0.120. The lowest BCUT2D eigenvalue weighted by Crippen LogP contribution is -2.21. The number of aryl methyl sites for hydroxylation is 3. The summed E-state index contributed by atoms with van der Waals surface area (Å²) in [6.45, 7) is 3.83. The summed E-state index contributed by atoms with van der Waals surface area (Å²) in [7, 11) is -3.86. The highest BCUT2D eigenvalue weighted by molar-refractivity contribution is 7.86. The lowest BCUT2D eigenvalue weighted by molar-refractivity contribution is 0.258. The van der Waals surface area contributed by atoms with Crippen LogP contribution in [0.2, 0.25) is 0 Å². The average molecular weight is 330 g/mol. The predicted octanol–water partition coefficient (Wildman–Crippen LogP) is 2.90. The Balaban J connectivity index is 1.78. The second-order valence-corrected chi connectivity index (χ2v) is 7.10. The predicted molar refractivity (Wildman–Crippen MR) is 87.9 cm³/mol. The van der Waals surface area contributed by atoms with E-state index in [0.717, 1.165) is 35.4 Å². The number of hydrogen-bond acceptors (Lipinski definition) is 5. The van der Waals surface area contributed by atoms with Gasteiger partial charge in [-0.05, 0) is 51.0 Å². The summed E-state index contributed by atoms with van der Waals surface area (Å²) < 4.78 is 29.5. The highest BCUT2D eigenvalue weighted by atomic mass is 32.2. The van der Waals surface area contributed by atoms with Gasteiger partial charge in [0, 0.05) is 11.3 Å². The molecule has 0 spiro atoms. The van der Waals surface area contributed by atoms with Crippen molar-refractivity contribution in [3.05, 3.63) is 65.0 Å². The van der Waals surface area contributed by atoms with Crippen LogP contribution < -0.4 is 5.48 Å². The van der Waals surface area contributed by atoms with Crippen molar-refractivity contribution in [3.8, 4) is 0 Å². The molecule has 0 saturated carbocycles. The Labute approximate surface area is 136 Å². The third kappa shape index (κ3) is 3.43. The van der Waals surface area contributed by atoms with Crippen molar-refractivity contribution in [2.24, 2.45) is 0 Å². The number of allylic oxidation sites excluding steroid dienone is 1. The van der Waals surface area contributed by atoms with Gasteiger partial charge < -0.3 is 0 Å². The number of nitrogens with one attached hydrogen (secondary N) is 1. The molecule has 6 heteroatoms. The number of hydroxylamine groups is 1. The fourth-order valence-electron chi connectivity index (χ4n) is 2.46. The Morgan fingerprint density at radius 1 is 1.09 bits per heavy atom. The Kier molecular flexibility index (Phi) is 4.19. The van der Waals surface area contributed by atoms with E-state index in [-0.39, 0.29) is 4.90 Å². The van der Waals surface area contributed by atoms with Crippen molar-refractivity contribution in [3.63, 3.8) is 0 Å². The van der Waals surface area contributed by atoms with Crippen LogP contribution in [0, 0.1) is 13.8 Å². The van der Waals surface area contributed by atoms with Gasteiger partial charge in [0.2, 0.25) is 0 Å². The van der Waals surface area contributed by atoms with Gasteiger partial charge in [0.25, 0.3) is 0 Å². The van der Waals surface area contributed by atoms with Gasteiger partial charge in [-0.25, -0.2) is 5.48 Å².